The standard InChI is InChI=1S/C17H21ClN2O2S/c1-11(2)13-4-5-16(15-7-19-17(18)6-14(13)15)20-8-12(9-20)10-23(3,21)22/h4-7,11-12H,8-10H2,1-3H3. The van der Waals surface area contributed by atoms with Crippen LogP contribution in [0, 0.1) is 5.92 Å². The minimum Gasteiger partial charge on any atom is -0.370 e. The van der Waals surface area contributed by atoms with E-state index in [0.29, 0.717) is 11.1 Å². The number of benzene rings is 1. The van der Waals surface area contributed by atoms with Gasteiger partial charge in [0.1, 0.15) is 15.0 Å². The van der Waals surface area contributed by atoms with Crippen molar-refractivity contribution in [3.05, 3.63) is 35.1 Å². The molecule has 0 atom stereocenters. The summed E-state index contributed by atoms with van der Waals surface area (Å²) < 4.78 is 22.8. The van der Waals surface area contributed by atoms with Crippen molar-refractivity contribution in [1.29, 1.82) is 0 Å². The van der Waals surface area contributed by atoms with Gasteiger partial charge >= 0.3 is 0 Å². The third-order valence-electron chi connectivity index (χ3n) is 4.34. The number of hydrogen-bond acceptors (Lipinski definition) is 4. The number of rotatable bonds is 4. The molecular formula is C17H21ClN2O2S. The van der Waals surface area contributed by atoms with Gasteiger partial charge in [-0.2, -0.15) is 0 Å². The Morgan fingerprint density at radius 3 is 2.61 bits per heavy atom. The van der Waals surface area contributed by atoms with Gasteiger partial charge < -0.3 is 4.90 Å². The number of anilines is 1. The highest BCUT2D eigenvalue weighted by molar-refractivity contribution is 7.90. The second-order valence-electron chi connectivity index (χ2n) is 6.74. The quantitative estimate of drug-likeness (QED) is 0.790. The Morgan fingerprint density at radius 2 is 2.00 bits per heavy atom. The lowest BCUT2D eigenvalue weighted by atomic mass is 9.94. The predicted molar refractivity (Wildman–Crippen MR) is 96.3 cm³/mol. The number of aromatic nitrogens is 1. The highest BCUT2D eigenvalue weighted by Crippen LogP contribution is 2.36. The first-order valence-corrected chi connectivity index (χ1v) is 10.2. The van der Waals surface area contributed by atoms with Gasteiger partial charge in [0.15, 0.2) is 0 Å². The van der Waals surface area contributed by atoms with Crippen LogP contribution in [0.1, 0.15) is 25.3 Å². The Hall–Kier alpha value is -1.33. The average molecular weight is 353 g/mol. The summed E-state index contributed by atoms with van der Waals surface area (Å²) in [5.74, 6) is 0.875. The average Bonchev–Trinajstić information content (AvgIpc) is 2.40. The van der Waals surface area contributed by atoms with Gasteiger partial charge in [0.25, 0.3) is 0 Å². The molecular weight excluding hydrogens is 332 g/mol. The van der Waals surface area contributed by atoms with E-state index in [1.54, 1.807) is 0 Å². The summed E-state index contributed by atoms with van der Waals surface area (Å²) in [6.07, 6.45) is 3.12. The summed E-state index contributed by atoms with van der Waals surface area (Å²) >= 11 is 6.08. The van der Waals surface area contributed by atoms with Crippen LogP contribution in [0.5, 0.6) is 0 Å². The maximum absolute atomic E-state index is 11.4. The third kappa shape index (κ3) is 3.45. The topological polar surface area (TPSA) is 50.3 Å². The number of pyridine rings is 1. The summed E-state index contributed by atoms with van der Waals surface area (Å²) in [7, 11) is -2.91. The lowest BCUT2D eigenvalue weighted by Gasteiger charge is -2.41. The van der Waals surface area contributed by atoms with Gasteiger partial charge in [0.2, 0.25) is 0 Å². The maximum Gasteiger partial charge on any atom is 0.147 e. The highest BCUT2D eigenvalue weighted by atomic mass is 35.5. The van der Waals surface area contributed by atoms with E-state index in [2.05, 4.69) is 35.9 Å². The second-order valence-corrected chi connectivity index (χ2v) is 9.32. The van der Waals surface area contributed by atoms with Crippen LogP contribution in [0.4, 0.5) is 5.69 Å². The third-order valence-corrected chi connectivity index (χ3v) is 5.62. The minimum atomic E-state index is -2.91. The van der Waals surface area contributed by atoms with Gasteiger partial charge in [-0.25, -0.2) is 13.4 Å². The number of nitrogens with zero attached hydrogens (tertiary/aromatic N) is 2. The lowest BCUT2D eigenvalue weighted by molar-refractivity contribution is 0.445. The molecule has 4 nitrogen and oxygen atoms in total. The Kier molecular flexibility index (Phi) is 4.27. The molecule has 2 aromatic rings. The molecule has 23 heavy (non-hydrogen) atoms. The SMILES string of the molecule is CC(C)c1ccc(N2CC(CS(C)(=O)=O)C2)c2cnc(Cl)cc12. The first-order valence-electron chi connectivity index (χ1n) is 7.75. The van der Waals surface area contributed by atoms with Crippen LogP contribution in [0.25, 0.3) is 10.8 Å². The van der Waals surface area contributed by atoms with Crippen LogP contribution < -0.4 is 4.90 Å². The first kappa shape index (κ1) is 16.5. The monoisotopic (exact) mass is 352 g/mol. The van der Waals surface area contributed by atoms with Gasteiger partial charge in [-0.15, -0.1) is 0 Å². The Morgan fingerprint density at radius 1 is 1.30 bits per heavy atom. The number of fused-ring (bicyclic) bond motifs is 1. The van der Waals surface area contributed by atoms with E-state index >= 15 is 0 Å². The molecule has 0 aliphatic carbocycles. The number of hydrogen-bond donors (Lipinski definition) is 0. The predicted octanol–water partition coefficient (Wildman–Crippen LogP) is 3.49. The fourth-order valence-corrected chi connectivity index (χ4v) is 4.53. The van der Waals surface area contributed by atoms with Crippen molar-refractivity contribution < 1.29 is 8.42 Å². The Bertz CT molecular complexity index is 843. The molecule has 0 unspecified atom stereocenters. The van der Waals surface area contributed by atoms with Gasteiger partial charge in [0, 0.05) is 42.5 Å². The molecule has 6 heteroatoms. The van der Waals surface area contributed by atoms with Crippen LogP contribution in [-0.4, -0.2) is 38.5 Å². The Labute approximate surface area is 142 Å². The van der Waals surface area contributed by atoms with Crippen molar-refractivity contribution in [1.82, 2.24) is 4.98 Å². The van der Waals surface area contributed by atoms with Crippen molar-refractivity contribution in [2.75, 3.05) is 30.0 Å². The molecule has 0 amide bonds. The van der Waals surface area contributed by atoms with E-state index in [0.717, 1.165) is 29.5 Å². The van der Waals surface area contributed by atoms with E-state index in [4.69, 9.17) is 11.6 Å². The number of sulfone groups is 1. The zero-order chi connectivity index (χ0) is 16.8. The molecule has 1 fully saturated rings. The second kappa shape index (κ2) is 5.95. The van der Waals surface area contributed by atoms with Crippen molar-refractivity contribution in [3.8, 4) is 0 Å². The molecule has 1 aliphatic heterocycles. The fourth-order valence-electron chi connectivity index (χ4n) is 3.30. The minimum absolute atomic E-state index is 0.213. The maximum atomic E-state index is 11.4. The van der Waals surface area contributed by atoms with Crippen molar-refractivity contribution in [2.45, 2.75) is 19.8 Å². The zero-order valence-electron chi connectivity index (χ0n) is 13.6. The van der Waals surface area contributed by atoms with Gasteiger partial charge in [-0.1, -0.05) is 31.5 Å². The zero-order valence-corrected chi connectivity index (χ0v) is 15.2. The molecule has 1 aliphatic rings. The molecule has 0 bridgehead atoms. The van der Waals surface area contributed by atoms with Crippen LogP contribution in [0.3, 0.4) is 0 Å². The normalized spacial score (nSPS) is 16.1. The number of halogens is 1. The highest BCUT2D eigenvalue weighted by Gasteiger charge is 2.30. The first-order chi connectivity index (χ1) is 10.7. The summed E-state index contributed by atoms with van der Waals surface area (Å²) in [5.41, 5.74) is 2.36. The van der Waals surface area contributed by atoms with Crippen molar-refractivity contribution >= 4 is 37.9 Å². The van der Waals surface area contributed by atoms with Crippen LogP contribution >= 0.6 is 11.6 Å². The smallest absolute Gasteiger partial charge is 0.147 e. The van der Waals surface area contributed by atoms with E-state index in [-0.39, 0.29) is 11.7 Å². The van der Waals surface area contributed by atoms with Crippen molar-refractivity contribution in [2.24, 2.45) is 5.92 Å². The molecule has 0 spiro atoms. The summed E-state index contributed by atoms with van der Waals surface area (Å²) in [5, 5.41) is 2.71. The van der Waals surface area contributed by atoms with Crippen LogP contribution in [-0.2, 0) is 9.84 Å². The molecule has 3 rings (SSSR count). The molecule has 1 aromatic heterocycles. The van der Waals surface area contributed by atoms with Gasteiger partial charge in [-0.05, 0) is 29.0 Å². The molecule has 2 heterocycles. The molecule has 124 valence electrons. The molecule has 1 aromatic carbocycles. The van der Waals surface area contributed by atoms with E-state index in [9.17, 15) is 8.42 Å². The largest absolute Gasteiger partial charge is 0.370 e. The molecule has 0 N–H and O–H groups in total. The van der Waals surface area contributed by atoms with E-state index in [1.165, 1.54) is 11.8 Å². The van der Waals surface area contributed by atoms with Crippen LogP contribution in [0.15, 0.2) is 24.4 Å². The fraction of sp³-hybridized carbons (Fsp3) is 0.471. The van der Waals surface area contributed by atoms with Crippen molar-refractivity contribution in [3.63, 3.8) is 0 Å². The Balaban J connectivity index is 1.93. The molecule has 1 saturated heterocycles. The molecule has 0 radical (unpaired) electrons. The van der Waals surface area contributed by atoms with E-state index in [1.807, 2.05) is 12.3 Å². The summed E-state index contributed by atoms with van der Waals surface area (Å²) in [6.45, 7) is 5.86. The van der Waals surface area contributed by atoms with Gasteiger partial charge in [-0.3, -0.25) is 0 Å². The summed E-state index contributed by atoms with van der Waals surface area (Å²) in [6, 6.07) is 6.18. The molecule has 0 saturated carbocycles. The van der Waals surface area contributed by atoms with Crippen LogP contribution in [0.2, 0.25) is 5.15 Å². The lowest BCUT2D eigenvalue weighted by Crippen LogP contribution is -2.49. The van der Waals surface area contributed by atoms with Gasteiger partial charge in [0.05, 0.1) is 5.75 Å². The van der Waals surface area contributed by atoms with E-state index < -0.39 is 9.84 Å². The summed E-state index contributed by atoms with van der Waals surface area (Å²) in [4.78, 5) is 6.45.